The van der Waals surface area contributed by atoms with Gasteiger partial charge in [-0.2, -0.15) is 0 Å². The van der Waals surface area contributed by atoms with Crippen molar-refractivity contribution in [3.8, 4) is 5.75 Å². The van der Waals surface area contributed by atoms with E-state index in [0.717, 1.165) is 0 Å². The monoisotopic (exact) mass is 236 g/mol. The fourth-order valence-electron chi connectivity index (χ4n) is 1.32. The fourth-order valence-corrected chi connectivity index (χ4v) is 1.32. The molecule has 1 rings (SSSR count). The standard InChI is InChI=1S/C13H16O4/c1-9(2)17-13(15)8-16-12-7-5-4-6-11(12)10(3)14/h4-7,9H,8H2,1-3H3. The predicted molar refractivity (Wildman–Crippen MR) is 63.2 cm³/mol. The Morgan fingerprint density at radius 1 is 1.24 bits per heavy atom. The van der Waals surface area contributed by atoms with Gasteiger partial charge in [-0.25, -0.2) is 4.79 Å². The first-order valence-electron chi connectivity index (χ1n) is 5.43. The summed E-state index contributed by atoms with van der Waals surface area (Å²) in [6.45, 7) is 4.79. The van der Waals surface area contributed by atoms with Crippen LogP contribution in [0, 0.1) is 0 Å². The van der Waals surface area contributed by atoms with E-state index in [-0.39, 0.29) is 18.5 Å². The summed E-state index contributed by atoms with van der Waals surface area (Å²) >= 11 is 0. The molecule has 0 aliphatic heterocycles. The minimum atomic E-state index is -0.446. The molecule has 0 fully saturated rings. The number of benzene rings is 1. The highest BCUT2D eigenvalue weighted by Gasteiger charge is 2.10. The Hall–Kier alpha value is -1.84. The van der Waals surface area contributed by atoms with Crippen molar-refractivity contribution in [2.75, 3.05) is 6.61 Å². The van der Waals surface area contributed by atoms with Gasteiger partial charge in [0.25, 0.3) is 0 Å². The van der Waals surface area contributed by atoms with Gasteiger partial charge < -0.3 is 9.47 Å². The van der Waals surface area contributed by atoms with Crippen molar-refractivity contribution in [1.29, 1.82) is 0 Å². The SMILES string of the molecule is CC(=O)c1ccccc1OCC(=O)OC(C)C. The molecule has 0 amide bonds. The Bertz CT molecular complexity index is 410. The highest BCUT2D eigenvalue weighted by Crippen LogP contribution is 2.18. The van der Waals surface area contributed by atoms with Crippen LogP contribution in [-0.2, 0) is 9.53 Å². The maximum Gasteiger partial charge on any atom is 0.344 e. The summed E-state index contributed by atoms with van der Waals surface area (Å²) in [5.41, 5.74) is 0.463. The summed E-state index contributed by atoms with van der Waals surface area (Å²) in [7, 11) is 0. The van der Waals surface area contributed by atoms with Crippen LogP contribution in [0.25, 0.3) is 0 Å². The van der Waals surface area contributed by atoms with Gasteiger partial charge in [0.1, 0.15) is 5.75 Å². The number of carbonyl (C=O) groups excluding carboxylic acids is 2. The van der Waals surface area contributed by atoms with Gasteiger partial charge in [0.2, 0.25) is 0 Å². The smallest absolute Gasteiger partial charge is 0.344 e. The van der Waals surface area contributed by atoms with Crippen molar-refractivity contribution >= 4 is 11.8 Å². The van der Waals surface area contributed by atoms with Crippen molar-refractivity contribution in [2.45, 2.75) is 26.9 Å². The molecular formula is C13H16O4. The van der Waals surface area contributed by atoms with Gasteiger partial charge in [-0.1, -0.05) is 12.1 Å². The largest absolute Gasteiger partial charge is 0.481 e. The zero-order chi connectivity index (χ0) is 12.8. The molecule has 0 bridgehead atoms. The van der Waals surface area contributed by atoms with E-state index in [4.69, 9.17) is 9.47 Å². The number of Topliss-reactive ketones (excluding diaryl/α,β-unsaturated/α-hetero) is 1. The Kier molecular flexibility index (Phi) is 4.69. The molecule has 0 N–H and O–H groups in total. The average molecular weight is 236 g/mol. The second kappa shape index (κ2) is 6.03. The number of rotatable bonds is 5. The molecule has 4 nitrogen and oxygen atoms in total. The maximum atomic E-state index is 11.3. The Labute approximate surface area is 101 Å². The summed E-state index contributed by atoms with van der Waals surface area (Å²) < 4.78 is 10.2. The normalized spacial score (nSPS) is 10.1. The van der Waals surface area contributed by atoms with E-state index in [1.54, 1.807) is 38.1 Å². The van der Waals surface area contributed by atoms with Crippen LogP contribution in [0.3, 0.4) is 0 Å². The number of esters is 1. The molecule has 1 aromatic carbocycles. The van der Waals surface area contributed by atoms with Gasteiger partial charge in [0.15, 0.2) is 12.4 Å². The van der Waals surface area contributed by atoms with Crippen LogP contribution in [0.5, 0.6) is 5.75 Å². The van der Waals surface area contributed by atoms with Gasteiger partial charge in [0, 0.05) is 0 Å². The van der Waals surface area contributed by atoms with Gasteiger partial charge in [0.05, 0.1) is 11.7 Å². The molecule has 0 unspecified atom stereocenters. The Balaban J connectivity index is 2.63. The summed E-state index contributed by atoms with van der Waals surface area (Å²) in [6.07, 6.45) is -0.172. The first kappa shape index (κ1) is 13.2. The van der Waals surface area contributed by atoms with Gasteiger partial charge in [-0.15, -0.1) is 0 Å². The van der Waals surface area contributed by atoms with E-state index in [2.05, 4.69) is 0 Å². The molecule has 4 heteroatoms. The van der Waals surface area contributed by atoms with Crippen LogP contribution in [-0.4, -0.2) is 24.5 Å². The van der Waals surface area contributed by atoms with Gasteiger partial charge in [-0.05, 0) is 32.9 Å². The van der Waals surface area contributed by atoms with Crippen LogP contribution < -0.4 is 4.74 Å². The number of para-hydroxylation sites is 1. The van der Waals surface area contributed by atoms with Crippen LogP contribution >= 0.6 is 0 Å². The fraction of sp³-hybridized carbons (Fsp3) is 0.385. The third-order valence-corrected chi connectivity index (χ3v) is 1.98. The molecule has 0 saturated carbocycles. The molecule has 0 spiro atoms. The van der Waals surface area contributed by atoms with Crippen LogP contribution in [0.1, 0.15) is 31.1 Å². The Morgan fingerprint density at radius 3 is 2.47 bits per heavy atom. The first-order valence-corrected chi connectivity index (χ1v) is 5.43. The molecule has 1 aromatic rings. The minimum Gasteiger partial charge on any atom is -0.481 e. The van der Waals surface area contributed by atoms with Crippen molar-refractivity contribution in [1.82, 2.24) is 0 Å². The van der Waals surface area contributed by atoms with Crippen LogP contribution in [0.4, 0.5) is 0 Å². The zero-order valence-corrected chi connectivity index (χ0v) is 10.2. The van der Waals surface area contributed by atoms with Crippen molar-refractivity contribution in [2.24, 2.45) is 0 Å². The van der Waals surface area contributed by atoms with E-state index in [1.807, 2.05) is 0 Å². The molecule has 17 heavy (non-hydrogen) atoms. The number of hydrogen-bond acceptors (Lipinski definition) is 4. The number of ether oxygens (including phenoxy) is 2. The molecule has 0 aliphatic rings. The van der Waals surface area contributed by atoms with Crippen LogP contribution in [0.2, 0.25) is 0 Å². The molecule has 0 saturated heterocycles. The van der Waals surface area contributed by atoms with E-state index >= 15 is 0 Å². The number of hydrogen-bond donors (Lipinski definition) is 0. The predicted octanol–water partition coefficient (Wildman–Crippen LogP) is 2.22. The lowest BCUT2D eigenvalue weighted by molar-refractivity contribution is -0.149. The lowest BCUT2D eigenvalue weighted by atomic mass is 10.1. The first-order chi connectivity index (χ1) is 8.00. The molecule has 92 valence electrons. The molecule has 0 atom stereocenters. The van der Waals surface area contributed by atoms with Crippen molar-refractivity contribution in [3.63, 3.8) is 0 Å². The third kappa shape index (κ3) is 4.26. The topological polar surface area (TPSA) is 52.6 Å². The average Bonchev–Trinajstić information content (AvgIpc) is 2.25. The van der Waals surface area contributed by atoms with Gasteiger partial charge in [-0.3, -0.25) is 4.79 Å². The van der Waals surface area contributed by atoms with Crippen molar-refractivity contribution in [3.05, 3.63) is 29.8 Å². The number of carbonyl (C=O) groups is 2. The highest BCUT2D eigenvalue weighted by atomic mass is 16.6. The minimum absolute atomic E-state index is 0.0992. The highest BCUT2D eigenvalue weighted by molar-refractivity contribution is 5.96. The molecule has 0 aromatic heterocycles. The molecular weight excluding hydrogens is 220 g/mol. The maximum absolute atomic E-state index is 11.3. The summed E-state index contributed by atoms with van der Waals surface area (Å²) in [5.74, 6) is -0.142. The molecule has 0 heterocycles. The second-order valence-corrected chi connectivity index (χ2v) is 3.88. The van der Waals surface area contributed by atoms with Crippen molar-refractivity contribution < 1.29 is 19.1 Å². The third-order valence-electron chi connectivity index (χ3n) is 1.98. The lowest BCUT2D eigenvalue weighted by Gasteiger charge is -2.11. The number of ketones is 1. The Morgan fingerprint density at radius 2 is 1.88 bits per heavy atom. The van der Waals surface area contributed by atoms with E-state index in [9.17, 15) is 9.59 Å². The zero-order valence-electron chi connectivity index (χ0n) is 10.2. The summed E-state index contributed by atoms with van der Waals surface area (Å²) in [6, 6.07) is 6.80. The molecule has 0 aliphatic carbocycles. The van der Waals surface area contributed by atoms with Crippen LogP contribution in [0.15, 0.2) is 24.3 Å². The summed E-state index contributed by atoms with van der Waals surface area (Å²) in [4.78, 5) is 22.6. The van der Waals surface area contributed by atoms with Gasteiger partial charge >= 0.3 is 5.97 Å². The lowest BCUT2D eigenvalue weighted by Crippen LogP contribution is -2.19. The quantitative estimate of drug-likeness (QED) is 0.581. The second-order valence-electron chi connectivity index (χ2n) is 3.88. The summed E-state index contributed by atoms with van der Waals surface area (Å²) in [5, 5.41) is 0. The molecule has 0 radical (unpaired) electrons. The van der Waals surface area contributed by atoms with E-state index < -0.39 is 5.97 Å². The van der Waals surface area contributed by atoms with E-state index in [1.165, 1.54) is 6.92 Å². The van der Waals surface area contributed by atoms with E-state index in [0.29, 0.717) is 11.3 Å².